The van der Waals surface area contributed by atoms with Crippen LogP contribution >= 0.6 is 0 Å². The van der Waals surface area contributed by atoms with Gasteiger partial charge in [-0.05, 0) is 31.9 Å². The summed E-state index contributed by atoms with van der Waals surface area (Å²) in [5, 5.41) is 1.14. The number of benzene rings is 1. The zero-order valence-electron chi connectivity index (χ0n) is 13.6. The summed E-state index contributed by atoms with van der Waals surface area (Å²) >= 11 is 0. The maximum Gasteiger partial charge on any atom is 0.266 e. The lowest BCUT2D eigenvalue weighted by molar-refractivity contribution is 0.452. The zero-order chi connectivity index (χ0) is 17.1. The minimum absolute atomic E-state index is 0.303. The lowest BCUT2D eigenvalue weighted by Crippen LogP contribution is -2.26. The summed E-state index contributed by atoms with van der Waals surface area (Å²) in [4.78, 5) is 4.40. The molecule has 126 valence electrons. The highest BCUT2D eigenvalue weighted by Gasteiger charge is 2.33. The molecule has 3 heterocycles. The molecule has 0 saturated carbocycles. The maximum atomic E-state index is 11.5. The van der Waals surface area contributed by atoms with E-state index >= 15 is 0 Å². The first-order valence-electron chi connectivity index (χ1n) is 8.00. The Balaban J connectivity index is 2.03. The van der Waals surface area contributed by atoms with Crippen molar-refractivity contribution in [2.75, 3.05) is 5.75 Å². The van der Waals surface area contributed by atoms with Gasteiger partial charge in [-0.3, -0.25) is 4.55 Å². The van der Waals surface area contributed by atoms with Crippen LogP contribution in [-0.4, -0.2) is 32.8 Å². The van der Waals surface area contributed by atoms with E-state index in [9.17, 15) is 13.0 Å². The number of aryl methyl sites for hydroxylation is 2. The summed E-state index contributed by atoms with van der Waals surface area (Å²) in [6.45, 7) is 4.79. The average Bonchev–Trinajstić information content (AvgIpc) is 3.05. The summed E-state index contributed by atoms with van der Waals surface area (Å²) in [7, 11) is -4.07. The third-order valence-electron chi connectivity index (χ3n) is 4.82. The van der Waals surface area contributed by atoms with Gasteiger partial charge in [-0.15, -0.1) is 0 Å². The second-order valence-corrected chi connectivity index (χ2v) is 7.75. The lowest BCUT2D eigenvalue weighted by Gasteiger charge is -2.27. The molecule has 7 heteroatoms. The van der Waals surface area contributed by atoms with Crippen LogP contribution in [0.15, 0.2) is 30.5 Å². The van der Waals surface area contributed by atoms with Crippen LogP contribution in [0.3, 0.4) is 0 Å². The van der Waals surface area contributed by atoms with Gasteiger partial charge in [0.1, 0.15) is 5.82 Å². The number of aromatic nitrogens is 3. The van der Waals surface area contributed by atoms with Crippen LogP contribution in [0.2, 0.25) is 0 Å². The Bertz CT molecular complexity index is 1050. The molecule has 1 aromatic carbocycles. The molecule has 1 atom stereocenters. The Labute approximate surface area is 140 Å². The number of para-hydroxylation sites is 1. The van der Waals surface area contributed by atoms with Crippen LogP contribution in [-0.2, 0) is 23.1 Å². The van der Waals surface area contributed by atoms with Crippen molar-refractivity contribution in [1.29, 1.82) is 0 Å². The van der Waals surface area contributed by atoms with Gasteiger partial charge in [-0.25, -0.2) is 4.98 Å². The summed E-state index contributed by atoms with van der Waals surface area (Å²) in [5.41, 5.74) is 4.29. The highest BCUT2D eigenvalue weighted by molar-refractivity contribution is 7.85. The highest BCUT2D eigenvalue weighted by Crippen LogP contribution is 2.41. The number of fused-ring (bicyclic) bond motifs is 5. The van der Waals surface area contributed by atoms with E-state index in [1.807, 2.05) is 23.6 Å². The van der Waals surface area contributed by atoms with Crippen molar-refractivity contribution < 1.29 is 13.0 Å². The molecule has 1 N–H and O–H groups in total. The molecule has 1 unspecified atom stereocenters. The second-order valence-electron chi connectivity index (χ2n) is 6.26. The van der Waals surface area contributed by atoms with Crippen LogP contribution in [0.4, 0.5) is 0 Å². The van der Waals surface area contributed by atoms with E-state index < -0.39 is 10.1 Å². The van der Waals surface area contributed by atoms with Gasteiger partial charge in [-0.2, -0.15) is 8.42 Å². The Morgan fingerprint density at radius 1 is 1.33 bits per heavy atom. The quantitative estimate of drug-likeness (QED) is 0.741. The van der Waals surface area contributed by atoms with E-state index in [0.29, 0.717) is 6.42 Å². The van der Waals surface area contributed by atoms with E-state index in [0.717, 1.165) is 40.2 Å². The number of imidazole rings is 1. The summed E-state index contributed by atoms with van der Waals surface area (Å²) < 4.78 is 36.6. The van der Waals surface area contributed by atoms with Crippen LogP contribution in [0.25, 0.3) is 22.3 Å². The monoisotopic (exact) mass is 345 g/mol. The Morgan fingerprint density at radius 2 is 2.08 bits per heavy atom. The highest BCUT2D eigenvalue weighted by atomic mass is 32.2. The Hall–Kier alpha value is -2.12. The van der Waals surface area contributed by atoms with Gasteiger partial charge in [0.25, 0.3) is 10.1 Å². The van der Waals surface area contributed by atoms with Crippen molar-refractivity contribution in [3.8, 4) is 11.4 Å². The molecule has 24 heavy (non-hydrogen) atoms. The lowest BCUT2D eigenvalue weighted by atomic mass is 9.98. The minimum Gasteiger partial charge on any atom is -0.339 e. The van der Waals surface area contributed by atoms with Crippen molar-refractivity contribution in [3.63, 3.8) is 0 Å². The van der Waals surface area contributed by atoms with Crippen LogP contribution < -0.4 is 0 Å². The Morgan fingerprint density at radius 3 is 2.79 bits per heavy atom. The number of hydrogen-bond donors (Lipinski definition) is 1. The number of rotatable bonds is 3. The molecule has 0 fully saturated rings. The molecule has 0 saturated heterocycles. The summed E-state index contributed by atoms with van der Waals surface area (Å²) in [6.07, 6.45) is 2.36. The Kier molecular flexibility index (Phi) is 3.33. The van der Waals surface area contributed by atoms with Gasteiger partial charge in [0.15, 0.2) is 0 Å². The third-order valence-corrected chi connectivity index (χ3v) is 5.63. The topological polar surface area (TPSA) is 77.1 Å². The van der Waals surface area contributed by atoms with Gasteiger partial charge in [0, 0.05) is 17.4 Å². The SMILES string of the molecule is CCn1c2c(c3ccccc31)CC(CS(=O)(=O)O)n1c-2cnc1C. The normalized spacial score (nSPS) is 17.0. The van der Waals surface area contributed by atoms with E-state index in [-0.39, 0.29) is 11.8 Å². The third kappa shape index (κ3) is 2.19. The molecular weight excluding hydrogens is 326 g/mol. The molecule has 1 aliphatic rings. The molecular formula is C17H19N3O3S. The molecule has 3 aromatic rings. The van der Waals surface area contributed by atoms with Crippen LogP contribution in [0.1, 0.15) is 24.4 Å². The molecule has 2 aromatic heterocycles. The first-order chi connectivity index (χ1) is 11.4. The fraction of sp³-hybridized carbons (Fsp3) is 0.353. The predicted molar refractivity (Wildman–Crippen MR) is 92.7 cm³/mol. The molecule has 0 bridgehead atoms. The number of hydrogen-bond acceptors (Lipinski definition) is 3. The fourth-order valence-electron chi connectivity index (χ4n) is 4.00. The van der Waals surface area contributed by atoms with Crippen LogP contribution in [0.5, 0.6) is 0 Å². The van der Waals surface area contributed by atoms with Gasteiger partial charge < -0.3 is 9.13 Å². The minimum atomic E-state index is -4.07. The maximum absolute atomic E-state index is 11.5. The number of nitrogens with zero attached hydrogens (tertiary/aromatic N) is 3. The van der Waals surface area contributed by atoms with E-state index in [1.54, 1.807) is 6.20 Å². The van der Waals surface area contributed by atoms with Crippen LogP contribution in [0, 0.1) is 6.92 Å². The largest absolute Gasteiger partial charge is 0.339 e. The molecule has 0 amide bonds. The van der Waals surface area contributed by atoms with Crippen molar-refractivity contribution in [2.24, 2.45) is 0 Å². The average molecular weight is 345 g/mol. The van der Waals surface area contributed by atoms with Gasteiger partial charge in [0.2, 0.25) is 0 Å². The summed E-state index contributed by atoms with van der Waals surface area (Å²) in [5.74, 6) is 0.458. The standard InChI is InChI=1S/C17H19N3O3S/c1-3-19-15-7-5-4-6-13(15)14-8-12(10-24(21,22)23)20-11(2)18-9-16(20)17(14)19/h4-7,9,12H,3,8,10H2,1-2H3,(H,21,22,23). The first kappa shape index (κ1) is 15.4. The molecule has 6 nitrogen and oxygen atoms in total. The molecule has 4 rings (SSSR count). The molecule has 1 aliphatic heterocycles. The predicted octanol–water partition coefficient (Wildman–Crippen LogP) is 2.82. The van der Waals surface area contributed by atoms with Crippen molar-refractivity contribution in [3.05, 3.63) is 41.9 Å². The van der Waals surface area contributed by atoms with E-state index in [1.165, 1.54) is 0 Å². The van der Waals surface area contributed by atoms with Crippen molar-refractivity contribution in [2.45, 2.75) is 32.9 Å². The van der Waals surface area contributed by atoms with Crippen molar-refractivity contribution >= 4 is 21.0 Å². The zero-order valence-corrected chi connectivity index (χ0v) is 14.4. The van der Waals surface area contributed by atoms with Gasteiger partial charge in [0.05, 0.1) is 29.4 Å². The smallest absolute Gasteiger partial charge is 0.266 e. The van der Waals surface area contributed by atoms with Gasteiger partial charge in [-0.1, -0.05) is 18.2 Å². The summed E-state index contributed by atoms with van der Waals surface area (Å²) in [6, 6.07) is 7.82. The molecule has 0 radical (unpaired) electrons. The molecule has 0 aliphatic carbocycles. The van der Waals surface area contributed by atoms with E-state index in [4.69, 9.17) is 0 Å². The first-order valence-corrected chi connectivity index (χ1v) is 9.61. The van der Waals surface area contributed by atoms with Gasteiger partial charge >= 0.3 is 0 Å². The van der Waals surface area contributed by atoms with E-state index in [2.05, 4.69) is 28.6 Å². The second kappa shape index (κ2) is 5.19. The van der Waals surface area contributed by atoms with Crippen molar-refractivity contribution in [1.82, 2.24) is 14.1 Å². The fourth-order valence-corrected chi connectivity index (χ4v) is 4.75. The molecule has 0 spiro atoms.